The van der Waals surface area contributed by atoms with Gasteiger partial charge in [0.1, 0.15) is 0 Å². The smallest absolute Gasteiger partial charge is 0.341 e. The van der Waals surface area contributed by atoms with Crippen molar-refractivity contribution in [2.45, 2.75) is 23.6 Å². The van der Waals surface area contributed by atoms with Crippen molar-refractivity contribution in [3.63, 3.8) is 0 Å². The van der Waals surface area contributed by atoms with E-state index >= 15 is 0 Å². The van der Waals surface area contributed by atoms with E-state index in [9.17, 15) is 17.2 Å². The average molecular weight is 279 g/mol. The molecular formula is C11H15F2NO3S. The third-order valence-corrected chi connectivity index (χ3v) is 4.14. The van der Waals surface area contributed by atoms with Crippen molar-refractivity contribution in [2.24, 2.45) is 0 Å². The molecule has 1 rings (SSSR count). The van der Waals surface area contributed by atoms with Crippen LogP contribution < -0.4 is 4.90 Å². The molecule has 0 amide bonds. The summed E-state index contributed by atoms with van der Waals surface area (Å²) in [5.74, 6) is -3.46. The van der Waals surface area contributed by atoms with Crippen LogP contribution in [0.5, 0.6) is 0 Å². The Hall–Kier alpha value is -1.21. The van der Waals surface area contributed by atoms with Crippen LogP contribution in [-0.4, -0.2) is 39.0 Å². The van der Waals surface area contributed by atoms with E-state index in [1.807, 2.05) is 0 Å². The number of sulfone groups is 1. The standard InChI is InChI=1S/C11H15F2NO3S/c1-8(7-15)14(2)9-5-3-4-6-10(9)18(16,17)11(12)13/h3-6,8,11,15H,7H2,1-2H3. The van der Waals surface area contributed by atoms with Gasteiger partial charge in [0.2, 0.25) is 9.84 Å². The highest BCUT2D eigenvalue weighted by atomic mass is 32.2. The zero-order valence-corrected chi connectivity index (χ0v) is 10.9. The lowest BCUT2D eigenvalue weighted by Crippen LogP contribution is -2.33. The molecule has 0 bridgehead atoms. The maximum atomic E-state index is 12.6. The van der Waals surface area contributed by atoms with Gasteiger partial charge in [-0.2, -0.15) is 8.78 Å². The molecule has 0 aromatic heterocycles. The fourth-order valence-electron chi connectivity index (χ4n) is 1.45. The summed E-state index contributed by atoms with van der Waals surface area (Å²) in [6.07, 6.45) is 0. The van der Waals surface area contributed by atoms with Crippen LogP contribution in [0.25, 0.3) is 0 Å². The minimum atomic E-state index is -4.65. The Kier molecular flexibility index (Phi) is 4.64. The third-order valence-electron chi connectivity index (χ3n) is 2.71. The van der Waals surface area contributed by atoms with Crippen molar-refractivity contribution in [3.8, 4) is 0 Å². The minimum absolute atomic E-state index is 0.152. The molecule has 1 aromatic rings. The lowest BCUT2D eigenvalue weighted by Gasteiger charge is -2.27. The van der Waals surface area contributed by atoms with Crippen LogP contribution >= 0.6 is 0 Å². The molecule has 0 saturated carbocycles. The molecular weight excluding hydrogens is 264 g/mol. The van der Waals surface area contributed by atoms with Crippen molar-refractivity contribution in [3.05, 3.63) is 24.3 Å². The monoisotopic (exact) mass is 279 g/mol. The van der Waals surface area contributed by atoms with Gasteiger partial charge < -0.3 is 10.0 Å². The van der Waals surface area contributed by atoms with E-state index in [-0.39, 0.29) is 18.3 Å². The molecule has 0 fully saturated rings. The second-order valence-electron chi connectivity index (χ2n) is 3.92. The van der Waals surface area contributed by atoms with Gasteiger partial charge in [-0.15, -0.1) is 0 Å². The number of hydrogen-bond donors (Lipinski definition) is 1. The number of para-hydroxylation sites is 1. The summed E-state index contributed by atoms with van der Waals surface area (Å²) in [5, 5.41) is 9.03. The Morgan fingerprint density at radius 1 is 1.33 bits per heavy atom. The van der Waals surface area contributed by atoms with E-state index in [1.165, 1.54) is 17.0 Å². The van der Waals surface area contributed by atoms with Gasteiger partial charge in [0, 0.05) is 13.1 Å². The van der Waals surface area contributed by atoms with E-state index in [2.05, 4.69) is 0 Å². The van der Waals surface area contributed by atoms with Crippen LogP contribution in [-0.2, 0) is 9.84 Å². The Morgan fingerprint density at radius 3 is 2.39 bits per heavy atom. The van der Waals surface area contributed by atoms with Gasteiger partial charge in [0.25, 0.3) is 0 Å². The number of rotatable bonds is 5. The molecule has 1 atom stereocenters. The summed E-state index contributed by atoms with van der Waals surface area (Å²) in [6.45, 7) is 1.45. The van der Waals surface area contributed by atoms with Gasteiger partial charge in [0.15, 0.2) is 0 Å². The maximum absolute atomic E-state index is 12.6. The molecule has 1 aromatic carbocycles. The van der Waals surface area contributed by atoms with Crippen LogP contribution in [0.1, 0.15) is 6.92 Å². The highest BCUT2D eigenvalue weighted by Crippen LogP contribution is 2.29. The quantitative estimate of drug-likeness (QED) is 0.887. The molecule has 0 spiro atoms. The summed E-state index contributed by atoms with van der Waals surface area (Å²) in [7, 11) is -3.11. The van der Waals surface area contributed by atoms with Crippen LogP contribution in [0.2, 0.25) is 0 Å². The predicted molar refractivity (Wildman–Crippen MR) is 64.6 cm³/mol. The van der Waals surface area contributed by atoms with Gasteiger partial charge in [-0.1, -0.05) is 12.1 Å². The van der Waals surface area contributed by atoms with Gasteiger partial charge in [-0.25, -0.2) is 8.42 Å². The Bertz CT molecular complexity index is 505. The zero-order chi connectivity index (χ0) is 13.9. The van der Waals surface area contributed by atoms with Crippen molar-refractivity contribution in [2.75, 3.05) is 18.6 Å². The fourth-order valence-corrected chi connectivity index (χ4v) is 2.41. The zero-order valence-electron chi connectivity index (χ0n) is 10.0. The highest BCUT2D eigenvalue weighted by molar-refractivity contribution is 7.91. The van der Waals surface area contributed by atoms with E-state index < -0.39 is 20.5 Å². The average Bonchev–Trinajstić information content (AvgIpc) is 2.36. The first-order valence-electron chi connectivity index (χ1n) is 5.27. The first kappa shape index (κ1) is 14.8. The lowest BCUT2D eigenvalue weighted by atomic mass is 10.2. The van der Waals surface area contributed by atoms with Crippen LogP contribution in [0.15, 0.2) is 29.2 Å². The van der Waals surface area contributed by atoms with Crippen molar-refractivity contribution in [1.82, 2.24) is 0 Å². The maximum Gasteiger partial charge on any atom is 0.341 e. The summed E-state index contributed by atoms with van der Waals surface area (Å²) >= 11 is 0. The van der Waals surface area contributed by atoms with Crippen molar-refractivity contribution >= 4 is 15.5 Å². The molecule has 1 N–H and O–H groups in total. The number of benzene rings is 1. The second kappa shape index (κ2) is 5.62. The van der Waals surface area contributed by atoms with E-state index in [0.717, 1.165) is 6.07 Å². The molecule has 1 unspecified atom stereocenters. The van der Waals surface area contributed by atoms with Crippen LogP contribution in [0, 0.1) is 0 Å². The minimum Gasteiger partial charge on any atom is -0.394 e. The molecule has 0 radical (unpaired) electrons. The molecule has 0 heterocycles. The Labute approximate surface area is 105 Å². The first-order chi connectivity index (χ1) is 8.32. The predicted octanol–water partition coefficient (Wildman–Crippen LogP) is 1.50. The van der Waals surface area contributed by atoms with Gasteiger partial charge in [0.05, 0.1) is 17.2 Å². The van der Waals surface area contributed by atoms with Gasteiger partial charge >= 0.3 is 5.76 Å². The second-order valence-corrected chi connectivity index (χ2v) is 5.80. The number of nitrogens with zero attached hydrogens (tertiary/aromatic N) is 1. The molecule has 4 nitrogen and oxygen atoms in total. The number of hydrogen-bond acceptors (Lipinski definition) is 4. The number of anilines is 1. The fraction of sp³-hybridized carbons (Fsp3) is 0.455. The summed E-state index contributed by atoms with van der Waals surface area (Å²) in [5.41, 5.74) is 0.152. The Morgan fingerprint density at radius 2 is 1.89 bits per heavy atom. The molecule has 0 aliphatic carbocycles. The largest absolute Gasteiger partial charge is 0.394 e. The van der Waals surface area contributed by atoms with Crippen LogP contribution in [0.3, 0.4) is 0 Å². The van der Waals surface area contributed by atoms with Crippen LogP contribution in [0.4, 0.5) is 14.5 Å². The molecule has 18 heavy (non-hydrogen) atoms. The van der Waals surface area contributed by atoms with Crippen molar-refractivity contribution < 1.29 is 22.3 Å². The molecule has 102 valence electrons. The summed E-state index contributed by atoms with van der Waals surface area (Å²) < 4.78 is 48.2. The molecule has 0 aliphatic rings. The third kappa shape index (κ3) is 2.78. The summed E-state index contributed by atoms with van der Waals surface area (Å²) in [6, 6.07) is 5.13. The summed E-state index contributed by atoms with van der Waals surface area (Å²) in [4.78, 5) is 1.03. The van der Waals surface area contributed by atoms with E-state index in [1.54, 1.807) is 20.0 Å². The molecule has 7 heteroatoms. The SMILES string of the molecule is CC(CO)N(C)c1ccccc1S(=O)(=O)C(F)F. The van der Waals surface area contributed by atoms with Crippen molar-refractivity contribution in [1.29, 1.82) is 0 Å². The first-order valence-corrected chi connectivity index (χ1v) is 6.81. The topological polar surface area (TPSA) is 57.6 Å². The highest BCUT2D eigenvalue weighted by Gasteiger charge is 2.30. The van der Waals surface area contributed by atoms with Gasteiger partial charge in [-0.05, 0) is 19.1 Å². The number of aliphatic hydroxyl groups excluding tert-OH is 1. The number of alkyl halides is 2. The normalized spacial score (nSPS) is 13.7. The molecule has 0 saturated heterocycles. The lowest BCUT2D eigenvalue weighted by molar-refractivity contribution is 0.234. The molecule has 0 aliphatic heterocycles. The number of aliphatic hydroxyl groups is 1. The number of halogens is 2. The van der Waals surface area contributed by atoms with E-state index in [4.69, 9.17) is 5.11 Å². The van der Waals surface area contributed by atoms with E-state index in [0.29, 0.717) is 0 Å². The Balaban J connectivity index is 3.32. The van der Waals surface area contributed by atoms with Gasteiger partial charge in [-0.3, -0.25) is 0 Å². The number of likely N-dealkylation sites (N-methyl/N-ethyl adjacent to an activating group) is 1.